The summed E-state index contributed by atoms with van der Waals surface area (Å²) in [5.74, 6) is -0.791. The van der Waals surface area contributed by atoms with Gasteiger partial charge in [-0.3, -0.25) is 9.59 Å². The first kappa shape index (κ1) is 16.7. The second kappa shape index (κ2) is 6.77. The SMILES string of the molecule is O=C(O)CCc1ccc(NC(=O)C2(c3ccc(Br)cc3)CC2)cc1. The molecule has 0 unspecified atom stereocenters. The van der Waals surface area contributed by atoms with Crippen molar-refractivity contribution in [2.75, 3.05) is 5.32 Å². The first-order chi connectivity index (χ1) is 11.5. The number of carboxylic acids is 1. The van der Waals surface area contributed by atoms with Crippen LogP contribution < -0.4 is 5.32 Å². The van der Waals surface area contributed by atoms with E-state index in [-0.39, 0.29) is 12.3 Å². The van der Waals surface area contributed by atoms with Crippen molar-refractivity contribution in [3.8, 4) is 0 Å². The number of benzene rings is 2. The lowest BCUT2D eigenvalue weighted by atomic mass is 9.95. The van der Waals surface area contributed by atoms with Gasteiger partial charge in [-0.05, 0) is 54.7 Å². The van der Waals surface area contributed by atoms with Gasteiger partial charge in [-0.2, -0.15) is 0 Å². The van der Waals surface area contributed by atoms with Crippen molar-refractivity contribution < 1.29 is 14.7 Å². The zero-order chi connectivity index (χ0) is 17.2. The van der Waals surface area contributed by atoms with Crippen molar-refractivity contribution in [2.45, 2.75) is 31.1 Å². The lowest BCUT2D eigenvalue weighted by molar-refractivity contribution is -0.137. The van der Waals surface area contributed by atoms with Crippen LogP contribution in [0.3, 0.4) is 0 Å². The van der Waals surface area contributed by atoms with Crippen LogP contribution in [0.4, 0.5) is 5.69 Å². The number of carboxylic acid groups (broad SMARTS) is 1. The van der Waals surface area contributed by atoms with E-state index < -0.39 is 11.4 Å². The maximum Gasteiger partial charge on any atom is 0.303 e. The number of hydrogen-bond acceptors (Lipinski definition) is 2. The number of amides is 1. The van der Waals surface area contributed by atoms with Gasteiger partial charge in [0.15, 0.2) is 0 Å². The van der Waals surface area contributed by atoms with Gasteiger partial charge in [0, 0.05) is 16.6 Å². The van der Waals surface area contributed by atoms with E-state index >= 15 is 0 Å². The largest absolute Gasteiger partial charge is 0.481 e. The Balaban J connectivity index is 1.66. The normalized spacial score (nSPS) is 14.9. The number of nitrogens with one attached hydrogen (secondary N) is 1. The number of hydrogen-bond donors (Lipinski definition) is 2. The molecule has 3 rings (SSSR count). The maximum absolute atomic E-state index is 12.7. The maximum atomic E-state index is 12.7. The molecule has 0 aromatic heterocycles. The minimum absolute atomic E-state index is 0.0168. The molecule has 1 aliphatic carbocycles. The number of carbonyl (C=O) groups excluding carboxylic acids is 1. The number of carbonyl (C=O) groups is 2. The highest BCUT2D eigenvalue weighted by molar-refractivity contribution is 9.10. The van der Waals surface area contributed by atoms with Crippen LogP contribution in [0.25, 0.3) is 0 Å². The molecule has 1 fully saturated rings. The highest BCUT2D eigenvalue weighted by Crippen LogP contribution is 2.49. The lowest BCUT2D eigenvalue weighted by Gasteiger charge is -2.16. The molecule has 0 spiro atoms. The van der Waals surface area contributed by atoms with Gasteiger partial charge >= 0.3 is 5.97 Å². The highest BCUT2D eigenvalue weighted by atomic mass is 79.9. The Morgan fingerprint density at radius 1 is 1.04 bits per heavy atom. The summed E-state index contributed by atoms with van der Waals surface area (Å²) in [6.07, 6.45) is 2.32. The van der Waals surface area contributed by atoms with Gasteiger partial charge in [-0.25, -0.2) is 0 Å². The topological polar surface area (TPSA) is 66.4 Å². The quantitative estimate of drug-likeness (QED) is 0.782. The Labute approximate surface area is 149 Å². The van der Waals surface area contributed by atoms with Crippen LogP contribution in [0.15, 0.2) is 53.0 Å². The molecule has 4 nitrogen and oxygen atoms in total. The first-order valence-corrected chi connectivity index (χ1v) is 8.67. The molecule has 0 atom stereocenters. The standard InChI is InChI=1S/C19H18BrNO3/c20-15-6-4-14(5-7-15)19(11-12-19)18(24)21-16-8-1-13(2-9-16)3-10-17(22)23/h1-2,4-9H,3,10-12H2,(H,21,24)(H,22,23). The van der Waals surface area contributed by atoms with E-state index in [1.54, 1.807) is 0 Å². The number of aryl methyl sites for hydroxylation is 1. The van der Waals surface area contributed by atoms with Crippen LogP contribution >= 0.6 is 15.9 Å². The van der Waals surface area contributed by atoms with Gasteiger partial charge in [0.25, 0.3) is 0 Å². The van der Waals surface area contributed by atoms with Gasteiger partial charge in [0.05, 0.1) is 5.41 Å². The van der Waals surface area contributed by atoms with E-state index in [9.17, 15) is 9.59 Å². The molecule has 0 radical (unpaired) electrons. The summed E-state index contributed by atoms with van der Waals surface area (Å²) in [4.78, 5) is 23.3. The molecule has 1 saturated carbocycles. The van der Waals surface area contributed by atoms with Gasteiger partial charge < -0.3 is 10.4 Å². The van der Waals surface area contributed by atoms with Crippen LogP contribution in [0, 0.1) is 0 Å². The number of halogens is 1. The first-order valence-electron chi connectivity index (χ1n) is 7.88. The molecular formula is C19H18BrNO3. The third-order valence-corrected chi connectivity index (χ3v) is 4.95. The Morgan fingerprint density at radius 2 is 1.67 bits per heavy atom. The summed E-state index contributed by atoms with van der Waals surface area (Å²) in [6, 6.07) is 15.3. The van der Waals surface area contributed by atoms with Crippen molar-refractivity contribution >= 4 is 33.5 Å². The summed E-state index contributed by atoms with van der Waals surface area (Å²) in [5, 5.41) is 11.7. The number of aliphatic carboxylic acids is 1. The van der Waals surface area contributed by atoms with Crippen molar-refractivity contribution in [1.29, 1.82) is 0 Å². The molecule has 2 aromatic rings. The van der Waals surface area contributed by atoms with Crippen LogP contribution in [0.5, 0.6) is 0 Å². The Hall–Kier alpha value is -2.14. The van der Waals surface area contributed by atoms with E-state index in [1.807, 2.05) is 48.5 Å². The fourth-order valence-electron chi connectivity index (χ4n) is 2.80. The van der Waals surface area contributed by atoms with Gasteiger partial charge in [-0.1, -0.05) is 40.2 Å². The van der Waals surface area contributed by atoms with Crippen molar-refractivity contribution in [3.63, 3.8) is 0 Å². The molecule has 0 heterocycles. The smallest absolute Gasteiger partial charge is 0.303 e. The molecule has 124 valence electrons. The summed E-state index contributed by atoms with van der Waals surface area (Å²) in [7, 11) is 0. The fourth-order valence-corrected chi connectivity index (χ4v) is 3.06. The molecule has 24 heavy (non-hydrogen) atoms. The predicted octanol–water partition coefficient (Wildman–Crippen LogP) is 4.14. The molecule has 2 aromatic carbocycles. The van der Waals surface area contributed by atoms with Crippen LogP contribution in [-0.2, 0) is 21.4 Å². The third kappa shape index (κ3) is 3.67. The van der Waals surface area contributed by atoms with Crippen molar-refractivity contribution in [2.24, 2.45) is 0 Å². The molecular weight excluding hydrogens is 370 g/mol. The second-order valence-electron chi connectivity index (χ2n) is 6.13. The van der Waals surface area contributed by atoms with Crippen LogP contribution in [0.1, 0.15) is 30.4 Å². The van der Waals surface area contributed by atoms with Crippen molar-refractivity contribution in [3.05, 3.63) is 64.1 Å². The molecule has 0 saturated heterocycles. The van der Waals surface area contributed by atoms with Gasteiger partial charge in [0.1, 0.15) is 0 Å². The summed E-state index contributed by atoms with van der Waals surface area (Å²) in [6.45, 7) is 0. The van der Waals surface area contributed by atoms with E-state index in [4.69, 9.17) is 5.11 Å². The minimum Gasteiger partial charge on any atom is -0.481 e. The summed E-state index contributed by atoms with van der Waals surface area (Å²) < 4.78 is 0.999. The van der Waals surface area contributed by atoms with E-state index in [0.29, 0.717) is 6.42 Å². The Kier molecular flexibility index (Phi) is 4.71. The van der Waals surface area contributed by atoms with Crippen LogP contribution in [0.2, 0.25) is 0 Å². The number of anilines is 1. The lowest BCUT2D eigenvalue weighted by Crippen LogP contribution is -2.27. The molecule has 5 heteroatoms. The van der Waals surface area contributed by atoms with E-state index in [1.165, 1.54) is 0 Å². The molecule has 0 bridgehead atoms. The van der Waals surface area contributed by atoms with E-state index in [0.717, 1.165) is 34.1 Å². The van der Waals surface area contributed by atoms with Crippen LogP contribution in [-0.4, -0.2) is 17.0 Å². The van der Waals surface area contributed by atoms with Gasteiger partial charge in [0.2, 0.25) is 5.91 Å². The molecule has 0 aliphatic heterocycles. The number of rotatable bonds is 6. The Morgan fingerprint density at radius 3 is 2.21 bits per heavy atom. The zero-order valence-electron chi connectivity index (χ0n) is 13.1. The summed E-state index contributed by atoms with van der Waals surface area (Å²) in [5.41, 5.74) is 2.32. The second-order valence-corrected chi connectivity index (χ2v) is 7.05. The minimum atomic E-state index is -0.808. The average molecular weight is 388 g/mol. The van der Waals surface area contributed by atoms with Crippen molar-refractivity contribution in [1.82, 2.24) is 0 Å². The molecule has 1 aliphatic rings. The zero-order valence-corrected chi connectivity index (χ0v) is 14.7. The van der Waals surface area contributed by atoms with E-state index in [2.05, 4.69) is 21.2 Å². The Bertz CT molecular complexity index is 749. The fraction of sp³-hybridized carbons (Fsp3) is 0.263. The van der Waals surface area contributed by atoms with Gasteiger partial charge in [-0.15, -0.1) is 0 Å². The molecule has 2 N–H and O–H groups in total. The third-order valence-electron chi connectivity index (χ3n) is 4.42. The molecule has 1 amide bonds. The average Bonchev–Trinajstić information content (AvgIpc) is 3.37. The monoisotopic (exact) mass is 387 g/mol. The summed E-state index contributed by atoms with van der Waals surface area (Å²) >= 11 is 3.41. The predicted molar refractivity (Wildman–Crippen MR) is 96.1 cm³/mol. The highest BCUT2D eigenvalue weighted by Gasteiger charge is 2.51.